The lowest BCUT2D eigenvalue weighted by Gasteiger charge is -1.92. The van der Waals surface area contributed by atoms with Crippen LogP contribution in [0, 0.1) is 0 Å². The maximum absolute atomic E-state index is 4.11. The van der Waals surface area contributed by atoms with Crippen molar-refractivity contribution in [2.45, 2.75) is 25.7 Å². The van der Waals surface area contributed by atoms with Crippen LogP contribution in [0.2, 0.25) is 0 Å². The molecule has 0 N–H and O–H groups in total. The van der Waals surface area contributed by atoms with Crippen LogP contribution in [0.25, 0.3) is 0 Å². The summed E-state index contributed by atoms with van der Waals surface area (Å²) in [5.74, 6) is 1.02. The minimum atomic E-state index is 1.02. The van der Waals surface area contributed by atoms with E-state index in [1.807, 2.05) is 0 Å². The molecule has 54 valence electrons. The van der Waals surface area contributed by atoms with E-state index in [2.05, 4.69) is 31.3 Å². The molecular weight excluding hydrogens is 148 g/mol. The van der Waals surface area contributed by atoms with Gasteiger partial charge in [-0.3, -0.25) is 0 Å². The van der Waals surface area contributed by atoms with Crippen molar-refractivity contribution in [1.29, 1.82) is 0 Å². The van der Waals surface area contributed by atoms with Gasteiger partial charge >= 0.3 is 0 Å². The van der Waals surface area contributed by atoms with Crippen molar-refractivity contribution < 1.29 is 0 Å². The lowest BCUT2D eigenvalue weighted by Crippen LogP contribution is -1.75. The summed E-state index contributed by atoms with van der Waals surface area (Å²) in [5.41, 5.74) is 0. The van der Waals surface area contributed by atoms with E-state index in [1.54, 1.807) is 5.41 Å². The summed E-state index contributed by atoms with van der Waals surface area (Å²) in [5, 5.41) is 1.81. The van der Waals surface area contributed by atoms with E-state index in [0.29, 0.717) is 0 Å². The molecule has 0 spiro atoms. The zero-order valence-corrected chi connectivity index (χ0v) is 7.37. The second-order valence-corrected chi connectivity index (χ2v) is 2.70. The summed E-state index contributed by atoms with van der Waals surface area (Å²) >= 11 is 8.06. The maximum Gasteiger partial charge on any atom is -0.00979 e. The molecule has 0 heterocycles. The molecule has 0 amide bonds. The molecule has 0 aliphatic heterocycles. The van der Waals surface area contributed by atoms with Gasteiger partial charge in [-0.25, -0.2) is 0 Å². The second-order valence-electron chi connectivity index (χ2n) is 1.96. The Kier molecular flexibility index (Phi) is 8.85. The van der Waals surface area contributed by atoms with Crippen molar-refractivity contribution >= 4 is 25.3 Å². The number of hydrogen-bond acceptors (Lipinski definition) is 2. The average molecular weight is 162 g/mol. The minimum Gasteiger partial charge on any atom is -0.179 e. The molecule has 0 saturated carbocycles. The van der Waals surface area contributed by atoms with Crippen molar-refractivity contribution in [3.8, 4) is 0 Å². The summed E-state index contributed by atoms with van der Waals surface area (Å²) in [4.78, 5) is 0. The van der Waals surface area contributed by atoms with Gasteiger partial charge in [0.1, 0.15) is 0 Å². The maximum atomic E-state index is 4.11. The van der Waals surface area contributed by atoms with E-state index >= 15 is 0 Å². The molecule has 0 atom stereocenters. The Morgan fingerprint density at radius 3 is 2.44 bits per heavy atom. The van der Waals surface area contributed by atoms with Gasteiger partial charge in [0.2, 0.25) is 0 Å². The average Bonchev–Trinajstić information content (AvgIpc) is 1.89. The molecular formula is C7H14S2. The Morgan fingerprint density at radius 1 is 1.11 bits per heavy atom. The van der Waals surface area contributed by atoms with Gasteiger partial charge in [0.25, 0.3) is 0 Å². The lowest BCUT2D eigenvalue weighted by molar-refractivity contribution is 0.736. The van der Waals surface area contributed by atoms with Gasteiger partial charge in [0, 0.05) is 0 Å². The number of unbranched alkanes of at least 4 members (excludes halogenated alkanes) is 3. The van der Waals surface area contributed by atoms with Gasteiger partial charge in [0.05, 0.1) is 0 Å². The van der Waals surface area contributed by atoms with Crippen molar-refractivity contribution in [2.24, 2.45) is 0 Å². The highest BCUT2D eigenvalue weighted by Crippen LogP contribution is 2.01. The molecule has 2 heteroatoms. The monoisotopic (exact) mass is 162 g/mol. The summed E-state index contributed by atoms with van der Waals surface area (Å²) in [6, 6.07) is 0. The number of thiol groups is 2. The Bertz CT molecular complexity index is 69.3. The van der Waals surface area contributed by atoms with Crippen LogP contribution < -0.4 is 0 Å². The molecule has 0 aliphatic rings. The molecule has 0 unspecified atom stereocenters. The van der Waals surface area contributed by atoms with Gasteiger partial charge in [-0.1, -0.05) is 12.5 Å². The lowest BCUT2D eigenvalue weighted by atomic mass is 10.2. The first-order valence-electron chi connectivity index (χ1n) is 3.32. The van der Waals surface area contributed by atoms with E-state index in [-0.39, 0.29) is 0 Å². The van der Waals surface area contributed by atoms with E-state index in [9.17, 15) is 0 Å². The Morgan fingerprint density at radius 2 is 1.89 bits per heavy atom. The SMILES string of the molecule is SC=CCCCCCS. The van der Waals surface area contributed by atoms with E-state index in [1.165, 1.54) is 19.3 Å². The third-order valence-corrected chi connectivity index (χ3v) is 1.66. The largest absolute Gasteiger partial charge is 0.179 e. The molecule has 0 aromatic rings. The van der Waals surface area contributed by atoms with Crippen LogP contribution in [-0.4, -0.2) is 5.75 Å². The fourth-order valence-corrected chi connectivity index (χ4v) is 0.998. The molecule has 0 rings (SSSR count). The fourth-order valence-electron chi connectivity index (χ4n) is 0.625. The van der Waals surface area contributed by atoms with Crippen LogP contribution in [0.4, 0.5) is 0 Å². The van der Waals surface area contributed by atoms with Crippen LogP contribution in [-0.2, 0) is 0 Å². The van der Waals surface area contributed by atoms with Crippen molar-refractivity contribution in [2.75, 3.05) is 5.75 Å². The van der Waals surface area contributed by atoms with Gasteiger partial charge in [-0.15, -0.1) is 0 Å². The van der Waals surface area contributed by atoms with Gasteiger partial charge in [0.15, 0.2) is 0 Å². The first-order valence-corrected chi connectivity index (χ1v) is 4.46. The topological polar surface area (TPSA) is 0 Å². The molecule has 0 radical (unpaired) electrons. The summed E-state index contributed by atoms with van der Waals surface area (Å²) in [7, 11) is 0. The Hall–Kier alpha value is 0.440. The van der Waals surface area contributed by atoms with Crippen molar-refractivity contribution in [1.82, 2.24) is 0 Å². The van der Waals surface area contributed by atoms with Gasteiger partial charge in [-0.2, -0.15) is 25.3 Å². The predicted octanol–water partition coefficient (Wildman–Crippen LogP) is 2.92. The molecule has 9 heavy (non-hydrogen) atoms. The molecule has 0 bridgehead atoms. The van der Waals surface area contributed by atoms with Crippen LogP contribution in [0.3, 0.4) is 0 Å². The zero-order chi connectivity index (χ0) is 6.95. The highest BCUT2D eigenvalue weighted by molar-refractivity contribution is 7.83. The smallest absolute Gasteiger partial charge is 0.00979 e. The standard InChI is InChI=1S/C7H14S2/c8-6-4-2-1-3-5-7-9/h4,6,8-9H,1-3,5,7H2. The van der Waals surface area contributed by atoms with Crippen LogP contribution in [0.15, 0.2) is 11.5 Å². The fraction of sp³-hybridized carbons (Fsp3) is 0.714. The predicted molar refractivity (Wildman–Crippen MR) is 50.4 cm³/mol. The van der Waals surface area contributed by atoms with E-state index in [4.69, 9.17) is 0 Å². The van der Waals surface area contributed by atoms with Crippen LogP contribution in [0.5, 0.6) is 0 Å². The first kappa shape index (κ1) is 9.44. The molecule has 0 aliphatic carbocycles. The molecule has 0 fully saturated rings. The van der Waals surface area contributed by atoms with E-state index in [0.717, 1.165) is 12.2 Å². The Balaban J connectivity index is 2.75. The van der Waals surface area contributed by atoms with Gasteiger partial charge in [-0.05, 0) is 30.4 Å². The Labute approximate surface area is 68.5 Å². The van der Waals surface area contributed by atoms with Gasteiger partial charge < -0.3 is 0 Å². The van der Waals surface area contributed by atoms with Crippen molar-refractivity contribution in [3.63, 3.8) is 0 Å². The van der Waals surface area contributed by atoms with Crippen LogP contribution in [0.1, 0.15) is 25.7 Å². The highest BCUT2D eigenvalue weighted by atomic mass is 32.1. The van der Waals surface area contributed by atoms with Crippen LogP contribution >= 0.6 is 25.3 Å². The third-order valence-electron chi connectivity index (χ3n) is 1.13. The molecule has 0 saturated heterocycles. The normalized spacial score (nSPS) is 10.9. The first-order chi connectivity index (χ1) is 4.41. The second kappa shape index (κ2) is 8.44. The highest BCUT2D eigenvalue weighted by Gasteiger charge is 1.82. The minimum absolute atomic E-state index is 1.02. The summed E-state index contributed by atoms with van der Waals surface area (Å²) < 4.78 is 0. The third kappa shape index (κ3) is 8.44. The quantitative estimate of drug-likeness (QED) is 0.451. The number of rotatable bonds is 5. The van der Waals surface area contributed by atoms with E-state index < -0.39 is 0 Å². The van der Waals surface area contributed by atoms with Crippen molar-refractivity contribution in [3.05, 3.63) is 11.5 Å². The summed E-state index contributed by atoms with van der Waals surface area (Å²) in [6.45, 7) is 0. The zero-order valence-electron chi connectivity index (χ0n) is 5.58. The summed E-state index contributed by atoms with van der Waals surface area (Å²) in [6.07, 6.45) is 7.06. The number of allylic oxidation sites excluding steroid dienone is 1. The number of hydrogen-bond donors (Lipinski definition) is 2. The molecule has 0 aromatic heterocycles. The molecule has 0 nitrogen and oxygen atoms in total. The molecule has 0 aromatic carbocycles.